The molecule has 0 atom stereocenters. The molecule has 1 amide bonds. The summed E-state index contributed by atoms with van der Waals surface area (Å²) in [7, 11) is 0. The Morgan fingerprint density at radius 3 is 2.33 bits per heavy atom. The van der Waals surface area contributed by atoms with Gasteiger partial charge in [0.1, 0.15) is 5.60 Å². The molecule has 2 rings (SSSR count). The molecule has 0 spiro atoms. The van der Waals surface area contributed by atoms with Crippen molar-refractivity contribution in [3.63, 3.8) is 0 Å². The Kier molecular flexibility index (Phi) is 3.14. The lowest BCUT2D eigenvalue weighted by Gasteiger charge is -2.39. The molecule has 2 aliphatic rings. The Balaban J connectivity index is 1.90. The third-order valence-corrected chi connectivity index (χ3v) is 3.47. The Hall–Kier alpha value is -0.770. The predicted octanol–water partition coefficient (Wildman–Crippen LogP) is 1.52. The van der Waals surface area contributed by atoms with Crippen molar-refractivity contribution in [3.8, 4) is 0 Å². The van der Waals surface area contributed by atoms with E-state index in [1.54, 1.807) is 4.90 Å². The maximum absolute atomic E-state index is 11.7. The summed E-state index contributed by atoms with van der Waals surface area (Å²) in [6.45, 7) is 1.58. The fourth-order valence-electron chi connectivity index (χ4n) is 2.24. The summed E-state index contributed by atoms with van der Waals surface area (Å²) in [5.74, 6) is 0. The number of rotatable bonds is 2. The second kappa shape index (κ2) is 4.39. The van der Waals surface area contributed by atoms with Crippen LogP contribution in [0.15, 0.2) is 0 Å². The third-order valence-electron chi connectivity index (χ3n) is 3.47. The highest BCUT2D eigenvalue weighted by molar-refractivity contribution is 5.69. The lowest BCUT2D eigenvalue weighted by molar-refractivity contribution is -0.0707. The van der Waals surface area contributed by atoms with Crippen molar-refractivity contribution in [3.05, 3.63) is 0 Å². The van der Waals surface area contributed by atoms with E-state index in [0.717, 1.165) is 45.2 Å². The van der Waals surface area contributed by atoms with Crippen LogP contribution in [-0.2, 0) is 4.74 Å². The number of hydrogen-bond donors (Lipinski definition) is 1. The number of ether oxygens (including phenoxy) is 1. The smallest absolute Gasteiger partial charge is 0.410 e. The van der Waals surface area contributed by atoms with Gasteiger partial charge in [-0.25, -0.2) is 4.79 Å². The van der Waals surface area contributed by atoms with Gasteiger partial charge >= 0.3 is 6.09 Å². The van der Waals surface area contributed by atoms with Crippen molar-refractivity contribution in [1.82, 2.24) is 4.90 Å². The first-order valence-electron chi connectivity index (χ1n) is 5.85. The minimum Gasteiger partial charge on any atom is -0.440 e. The number of amides is 1. The van der Waals surface area contributed by atoms with Gasteiger partial charge in [0.2, 0.25) is 0 Å². The van der Waals surface area contributed by atoms with E-state index in [2.05, 4.69) is 0 Å². The van der Waals surface area contributed by atoms with Gasteiger partial charge in [0.15, 0.2) is 0 Å². The summed E-state index contributed by atoms with van der Waals surface area (Å²) in [6, 6.07) is 0. The van der Waals surface area contributed by atoms with Crippen molar-refractivity contribution in [2.24, 2.45) is 0 Å². The van der Waals surface area contributed by atoms with Crippen molar-refractivity contribution in [2.75, 3.05) is 19.7 Å². The second-order valence-corrected chi connectivity index (χ2v) is 4.61. The summed E-state index contributed by atoms with van der Waals surface area (Å²) in [6.07, 6.45) is 5.73. The zero-order valence-electron chi connectivity index (χ0n) is 9.07. The highest BCUT2D eigenvalue weighted by Gasteiger charge is 2.37. The van der Waals surface area contributed by atoms with Gasteiger partial charge in [0.25, 0.3) is 0 Å². The highest BCUT2D eigenvalue weighted by atomic mass is 16.6. The van der Waals surface area contributed by atoms with Gasteiger partial charge < -0.3 is 14.7 Å². The molecule has 1 heterocycles. The van der Waals surface area contributed by atoms with Crippen LogP contribution in [0.4, 0.5) is 4.79 Å². The molecule has 1 saturated heterocycles. The summed E-state index contributed by atoms with van der Waals surface area (Å²) in [5, 5.41) is 9.37. The number of aliphatic hydroxyl groups is 1. The zero-order chi connectivity index (χ0) is 10.7. The summed E-state index contributed by atoms with van der Waals surface area (Å²) >= 11 is 0. The molecule has 0 bridgehead atoms. The largest absolute Gasteiger partial charge is 0.440 e. The van der Waals surface area contributed by atoms with Gasteiger partial charge in [-0.05, 0) is 32.1 Å². The maximum Gasteiger partial charge on any atom is 0.410 e. The molecule has 4 heteroatoms. The SMILES string of the molecule is O=C(OC1(CO)CCCCC1)N1CCC1. The van der Waals surface area contributed by atoms with Crippen molar-refractivity contribution in [2.45, 2.75) is 44.1 Å². The van der Waals surface area contributed by atoms with E-state index < -0.39 is 5.60 Å². The molecule has 1 N–H and O–H groups in total. The van der Waals surface area contributed by atoms with E-state index in [0.29, 0.717) is 0 Å². The van der Waals surface area contributed by atoms with Gasteiger partial charge in [-0.3, -0.25) is 0 Å². The normalized spacial score (nSPS) is 24.5. The molecule has 0 aromatic carbocycles. The molecule has 0 aromatic heterocycles. The number of carbonyl (C=O) groups excluding carboxylic acids is 1. The number of hydrogen-bond acceptors (Lipinski definition) is 3. The Morgan fingerprint density at radius 2 is 1.87 bits per heavy atom. The van der Waals surface area contributed by atoms with Crippen LogP contribution in [0.1, 0.15) is 38.5 Å². The van der Waals surface area contributed by atoms with E-state index >= 15 is 0 Å². The first-order chi connectivity index (χ1) is 7.26. The molecule has 0 aromatic rings. The highest BCUT2D eigenvalue weighted by Crippen LogP contribution is 2.32. The van der Waals surface area contributed by atoms with E-state index in [9.17, 15) is 9.90 Å². The average Bonchev–Trinajstić information content (AvgIpc) is 2.16. The van der Waals surface area contributed by atoms with E-state index in [4.69, 9.17) is 4.74 Å². The Morgan fingerprint density at radius 1 is 1.20 bits per heavy atom. The molecular weight excluding hydrogens is 194 g/mol. The summed E-state index contributed by atoms with van der Waals surface area (Å²) < 4.78 is 5.47. The van der Waals surface area contributed by atoms with Crippen molar-refractivity contribution < 1.29 is 14.6 Å². The second-order valence-electron chi connectivity index (χ2n) is 4.61. The molecule has 86 valence electrons. The number of aliphatic hydroxyl groups excluding tert-OH is 1. The summed E-state index contributed by atoms with van der Waals surface area (Å²) in [4.78, 5) is 13.4. The van der Waals surface area contributed by atoms with Crippen LogP contribution in [-0.4, -0.2) is 41.4 Å². The van der Waals surface area contributed by atoms with Crippen LogP contribution in [0.25, 0.3) is 0 Å². The van der Waals surface area contributed by atoms with Crippen LogP contribution < -0.4 is 0 Å². The quantitative estimate of drug-likeness (QED) is 0.756. The molecule has 1 saturated carbocycles. The fraction of sp³-hybridized carbons (Fsp3) is 0.909. The lowest BCUT2D eigenvalue weighted by atomic mass is 9.85. The monoisotopic (exact) mass is 213 g/mol. The third kappa shape index (κ3) is 2.25. The lowest BCUT2D eigenvalue weighted by Crippen LogP contribution is -2.49. The van der Waals surface area contributed by atoms with E-state index in [1.807, 2.05) is 0 Å². The topological polar surface area (TPSA) is 49.8 Å². The molecule has 4 nitrogen and oxygen atoms in total. The Labute approximate surface area is 90.2 Å². The minimum atomic E-state index is -0.578. The average molecular weight is 213 g/mol. The number of nitrogens with zero attached hydrogens (tertiary/aromatic N) is 1. The van der Waals surface area contributed by atoms with Gasteiger partial charge in [0, 0.05) is 13.1 Å². The van der Waals surface area contributed by atoms with Crippen LogP contribution in [0.2, 0.25) is 0 Å². The molecule has 0 unspecified atom stereocenters. The van der Waals surface area contributed by atoms with E-state index in [1.165, 1.54) is 6.42 Å². The van der Waals surface area contributed by atoms with Gasteiger partial charge in [-0.1, -0.05) is 6.42 Å². The van der Waals surface area contributed by atoms with Gasteiger partial charge in [-0.2, -0.15) is 0 Å². The van der Waals surface area contributed by atoms with Gasteiger partial charge in [0.05, 0.1) is 6.61 Å². The predicted molar refractivity (Wildman–Crippen MR) is 55.6 cm³/mol. The van der Waals surface area contributed by atoms with Crippen LogP contribution in [0, 0.1) is 0 Å². The Bertz CT molecular complexity index is 232. The van der Waals surface area contributed by atoms with Crippen LogP contribution >= 0.6 is 0 Å². The molecule has 2 fully saturated rings. The van der Waals surface area contributed by atoms with Crippen molar-refractivity contribution >= 4 is 6.09 Å². The fourth-order valence-corrected chi connectivity index (χ4v) is 2.24. The van der Waals surface area contributed by atoms with Crippen molar-refractivity contribution in [1.29, 1.82) is 0 Å². The number of carbonyl (C=O) groups is 1. The molecule has 0 radical (unpaired) electrons. The van der Waals surface area contributed by atoms with Crippen LogP contribution in [0.5, 0.6) is 0 Å². The van der Waals surface area contributed by atoms with Gasteiger partial charge in [-0.15, -0.1) is 0 Å². The first-order valence-corrected chi connectivity index (χ1v) is 5.85. The standard InChI is InChI=1S/C11H19NO3/c13-9-11(5-2-1-3-6-11)15-10(14)12-7-4-8-12/h13H,1-9H2. The molecule has 15 heavy (non-hydrogen) atoms. The summed E-state index contributed by atoms with van der Waals surface area (Å²) in [5.41, 5.74) is -0.578. The molecule has 1 aliphatic carbocycles. The molecular formula is C11H19NO3. The minimum absolute atomic E-state index is 0.0351. The van der Waals surface area contributed by atoms with Crippen LogP contribution in [0.3, 0.4) is 0 Å². The number of likely N-dealkylation sites (tertiary alicyclic amines) is 1. The molecule has 1 aliphatic heterocycles. The van der Waals surface area contributed by atoms with E-state index in [-0.39, 0.29) is 12.7 Å². The first kappa shape index (κ1) is 10.7. The zero-order valence-corrected chi connectivity index (χ0v) is 9.07. The maximum atomic E-state index is 11.7.